The van der Waals surface area contributed by atoms with E-state index in [9.17, 15) is 8.42 Å². The molecule has 0 aliphatic rings. The Morgan fingerprint density at radius 2 is 1.88 bits per heavy atom. The van der Waals surface area contributed by atoms with Gasteiger partial charge in [-0.25, -0.2) is 18.4 Å². The maximum Gasteiger partial charge on any atom is 0.223 e. The van der Waals surface area contributed by atoms with E-state index >= 15 is 0 Å². The van der Waals surface area contributed by atoms with Crippen LogP contribution in [0.4, 0.5) is 5.95 Å². The Morgan fingerprint density at radius 1 is 1.12 bits per heavy atom. The molecule has 0 saturated heterocycles. The first-order chi connectivity index (χ1) is 11.5. The minimum Gasteiger partial charge on any atom is -0.497 e. The molecule has 3 rings (SSSR count). The van der Waals surface area contributed by atoms with Crippen molar-refractivity contribution in [1.29, 1.82) is 0 Å². The van der Waals surface area contributed by atoms with E-state index in [-0.39, 0.29) is 4.90 Å². The van der Waals surface area contributed by atoms with E-state index in [1.165, 1.54) is 6.26 Å². The maximum atomic E-state index is 11.6. The number of nitrogens with zero attached hydrogens (tertiary/aromatic N) is 2. The molecule has 1 N–H and O–H groups in total. The molecule has 0 fully saturated rings. The van der Waals surface area contributed by atoms with Crippen LogP contribution >= 0.6 is 0 Å². The molecule has 0 saturated carbocycles. The Balaban J connectivity index is 1.78. The van der Waals surface area contributed by atoms with Gasteiger partial charge >= 0.3 is 0 Å². The van der Waals surface area contributed by atoms with E-state index in [2.05, 4.69) is 15.3 Å². The van der Waals surface area contributed by atoms with Crippen LogP contribution in [-0.4, -0.2) is 31.8 Å². The number of hydrogen-bond donors (Lipinski definition) is 1. The van der Waals surface area contributed by atoms with Crippen LogP contribution in [0.5, 0.6) is 5.75 Å². The van der Waals surface area contributed by atoms with Gasteiger partial charge in [0.15, 0.2) is 9.84 Å². The van der Waals surface area contributed by atoms with Gasteiger partial charge in [-0.2, -0.15) is 0 Å². The van der Waals surface area contributed by atoms with Gasteiger partial charge in [0, 0.05) is 24.4 Å². The molecule has 0 radical (unpaired) electrons. The summed E-state index contributed by atoms with van der Waals surface area (Å²) in [4.78, 5) is 8.90. The van der Waals surface area contributed by atoms with Crippen LogP contribution in [0.2, 0.25) is 0 Å². The number of benzene rings is 2. The molecule has 0 atom stereocenters. The minimum atomic E-state index is -3.24. The molecule has 7 heteroatoms. The minimum absolute atomic E-state index is 0.262. The summed E-state index contributed by atoms with van der Waals surface area (Å²) in [6.45, 7) is 0.580. The molecule has 24 heavy (non-hydrogen) atoms. The molecular weight excluding hydrogens is 326 g/mol. The molecule has 2 aromatic carbocycles. The molecule has 0 unspecified atom stereocenters. The van der Waals surface area contributed by atoms with Gasteiger partial charge < -0.3 is 10.1 Å². The van der Waals surface area contributed by atoms with Gasteiger partial charge in [-0.15, -0.1) is 0 Å². The summed E-state index contributed by atoms with van der Waals surface area (Å²) < 4.78 is 28.3. The van der Waals surface area contributed by atoms with Crippen molar-refractivity contribution in [2.45, 2.75) is 11.4 Å². The molecule has 0 aliphatic carbocycles. The van der Waals surface area contributed by atoms with Gasteiger partial charge in [0.1, 0.15) is 5.75 Å². The lowest BCUT2D eigenvalue weighted by Crippen LogP contribution is -2.04. The van der Waals surface area contributed by atoms with Crippen molar-refractivity contribution in [2.75, 3.05) is 18.7 Å². The summed E-state index contributed by atoms with van der Waals surface area (Å²) in [5.74, 6) is 1.30. The van der Waals surface area contributed by atoms with Crippen molar-refractivity contribution in [3.05, 3.63) is 54.2 Å². The van der Waals surface area contributed by atoms with Gasteiger partial charge in [0.25, 0.3) is 0 Å². The number of anilines is 1. The molecule has 1 heterocycles. The molecular formula is C17H17N3O3S. The first kappa shape index (κ1) is 16.2. The number of aromatic nitrogens is 2. The van der Waals surface area contributed by atoms with Crippen molar-refractivity contribution in [3.63, 3.8) is 0 Å². The van der Waals surface area contributed by atoms with Gasteiger partial charge in [0.05, 0.1) is 17.5 Å². The zero-order valence-electron chi connectivity index (χ0n) is 13.4. The molecule has 0 bridgehead atoms. The van der Waals surface area contributed by atoms with Crippen LogP contribution < -0.4 is 10.1 Å². The zero-order chi connectivity index (χ0) is 17.2. The number of methoxy groups -OCH3 is 1. The van der Waals surface area contributed by atoms with Crippen LogP contribution in [0.15, 0.2) is 53.6 Å². The summed E-state index contributed by atoms with van der Waals surface area (Å²) in [6.07, 6.45) is 2.80. The van der Waals surface area contributed by atoms with Gasteiger partial charge in [0.2, 0.25) is 5.95 Å². The fourth-order valence-electron chi connectivity index (χ4n) is 2.25. The van der Waals surface area contributed by atoms with Crippen molar-refractivity contribution in [2.24, 2.45) is 0 Å². The highest BCUT2D eigenvalue weighted by atomic mass is 32.2. The van der Waals surface area contributed by atoms with Crippen LogP contribution in [0, 0.1) is 0 Å². The van der Waals surface area contributed by atoms with E-state index in [0.717, 1.165) is 11.3 Å². The molecule has 1 aromatic heterocycles. The Labute approximate surface area is 140 Å². The topological polar surface area (TPSA) is 81.2 Å². The number of nitrogens with one attached hydrogen (secondary N) is 1. The average Bonchev–Trinajstić information content (AvgIpc) is 2.59. The average molecular weight is 343 g/mol. The van der Waals surface area contributed by atoms with Gasteiger partial charge in [-0.05, 0) is 35.9 Å². The molecule has 0 spiro atoms. The largest absolute Gasteiger partial charge is 0.497 e. The summed E-state index contributed by atoms with van der Waals surface area (Å²) in [5.41, 5.74) is 1.77. The van der Waals surface area contributed by atoms with E-state index in [0.29, 0.717) is 23.4 Å². The summed E-state index contributed by atoms with van der Waals surface area (Å²) >= 11 is 0. The second-order valence-corrected chi connectivity index (χ2v) is 7.40. The van der Waals surface area contributed by atoms with E-state index in [1.807, 2.05) is 24.3 Å². The fourth-order valence-corrected chi connectivity index (χ4v) is 2.91. The third-order valence-corrected chi connectivity index (χ3v) is 4.70. The second-order valence-electron chi connectivity index (χ2n) is 5.39. The normalized spacial score (nSPS) is 11.4. The van der Waals surface area contributed by atoms with Crippen LogP contribution in [0.25, 0.3) is 10.9 Å². The standard InChI is InChI=1S/C17H17N3O3S/c1-23-14-5-3-12(4-6-14)10-18-17-19-11-13-9-15(24(2,21)22)7-8-16(13)20-17/h3-9,11H,10H2,1-2H3,(H,18,19,20). The van der Waals surface area contributed by atoms with Crippen molar-refractivity contribution < 1.29 is 13.2 Å². The third kappa shape index (κ3) is 3.62. The van der Waals surface area contributed by atoms with Crippen LogP contribution in [-0.2, 0) is 16.4 Å². The molecule has 6 nitrogen and oxygen atoms in total. The smallest absolute Gasteiger partial charge is 0.223 e. The predicted molar refractivity (Wildman–Crippen MR) is 93.0 cm³/mol. The quantitative estimate of drug-likeness (QED) is 0.767. The van der Waals surface area contributed by atoms with Gasteiger partial charge in [-0.1, -0.05) is 12.1 Å². The molecule has 3 aromatic rings. The molecule has 0 amide bonds. The summed E-state index contributed by atoms with van der Waals surface area (Å²) in [5, 5.41) is 3.84. The Kier molecular flexibility index (Phi) is 4.35. The second kappa shape index (κ2) is 6.45. The lowest BCUT2D eigenvalue weighted by atomic mass is 10.2. The third-order valence-electron chi connectivity index (χ3n) is 3.59. The Bertz CT molecular complexity index is 970. The lowest BCUT2D eigenvalue weighted by molar-refractivity contribution is 0.414. The first-order valence-corrected chi connectivity index (χ1v) is 9.18. The SMILES string of the molecule is COc1ccc(CNc2ncc3cc(S(C)(=O)=O)ccc3n2)cc1. The van der Waals surface area contributed by atoms with Crippen LogP contribution in [0.3, 0.4) is 0 Å². The number of rotatable bonds is 5. The van der Waals surface area contributed by atoms with E-state index in [1.54, 1.807) is 31.5 Å². The molecule has 124 valence electrons. The first-order valence-electron chi connectivity index (χ1n) is 7.29. The number of hydrogen-bond acceptors (Lipinski definition) is 6. The Morgan fingerprint density at radius 3 is 2.54 bits per heavy atom. The highest BCUT2D eigenvalue weighted by Crippen LogP contribution is 2.18. The number of fused-ring (bicyclic) bond motifs is 1. The zero-order valence-corrected chi connectivity index (χ0v) is 14.2. The van der Waals surface area contributed by atoms with Crippen LogP contribution in [0.1, 0.15) is 5.56 Å². The Hall–Kier alpha value is -2.67. The monoisotopic (exact) mass is 343 g/mol. The van der Waals surface area contributed by atoms with Crippen molar-refractivity contribution >= 4 is 26.7 Å². The number of ether oxygens (including phenoxy) is 1. The van der Waals surface area contributed by atoms with E-state index < -0.39 is 9.84 Å². The van der Waals surface area contributed by atoms with E-state index in [4.69, 9.17) is 4.74 Å². The van der Waals surface area contributed by atoms with Gasteiger partial charge in [-0.3, -0.25) is 0 Å². The van der Waals surface area contributed by atoms with Crippen molar-refractivity contribution in [3.8, 4) is 5.75 Å². The van der Waals surface area contributed by atoms with Crippen molar-refractivity contribution in [1.82, 2.24) is 9.97 Å². The fraction of sp³-hybridized carbons (Fsp3) is 0.176. The predicted octanol–water partition coefficient (Wildman–Crippen LogP) is 2.65. The molecule has 0 aliphatic heterocycles. The number of sulfone groups is 1. The maximum absolute atomic E-state index is 11.6. The highest BCUT2D eigenvalue weighted by Gasteiger charge is 2.08. The summed E-state index contributed by atoms with van der Waals surface area (Å²) in [7, 11) is -1.61. The highest BCUT2D eigenvalue weighted by molar-refractivity contribution is 7.90. The summed E-state index contributed by atoms with van der Waals surface area (Å²) in [6, 6.07) is 12.5. The lowest BCUT2D eigenvalue weighted by Gasteiger charge is -2.07.